The van der Waals surface area contributed by atoms with Crippen molar-refractivity contribution in [1.82, 2.24) is 5.32 Å². The molecule has 21 heavy (non-hydrogen) atoms. The van der Waals surface area contributed by atoms with Gasteiger partial charge < -0.3 is 4.74 Å². The highest BCUT2D eigenvalue weighted by Gasteiger charge is 2.33. The van der Waals surface area contributed by atoms with E-state index in [2.05, 4.69) is 27.3 Å². The van der Waals surface area contributed by atoms with Gasteiger partial charge in [0.15, 0.2) is 0 Å². The van der Waals surface area contributed by atoms with Gasteiger partial charge in [-0.25, -0.2) is 0 Å². The standard InChI is InChI=1S/C16H24BrNO2S/c1-12(2)18-16(3,15(19)20-4)10-7-11-21-14-9-6-5-8-13(14)17/h5-6,8-9,12,18H,7,10-11H2,1-4H3. The molecule has 1 rings (SSSR count). The summed E-state index contributed by atoms with van der Waals surface area (Å²) in [6.07, 6.45) is 1.70. The Balaban J connectivity index is 2.51. The molecule has 0 saturated carbocycles. The predicted octanol–water partition coefficient (Wildman–Crippen LogP) is 4.25. The Bertz CT molecular complexity index is 467. The number of benzene rings is 1. The van der Waals surface area contributed by atoms with Crippen LogP contribution >= 0.6 is 27.7 Å². The maximum atomic E-state index is 12.0. The van der Waals surface area contributed by atoms with Gasteiger partial charge in [-0.15, -0.1) is 11.8 Å². The highest BCUT2D eigenvalue weighted by molar-refractivity contribution is 9.10. The molecule has 0 aliphatic rings. The summed E-state index contributed by atoms with van der Waals surface area (Å²) >= 11 is 5.35. The lowest BCUT2D eigenvalue weighted by molar-refractivity contribution is -0.148. The van der Waals surface area contributed by atoms with Gasteiger partial charge in [0.1, 0.15) is 5.54 Å². The fraction of sp³-hybridized carbons (Fsp3) is 0.562. The van der Waals surface area contributed by atoms with Gasteiger partial charge in [-0.05, 0) is 67.4 Å². The molecule has 0 radical (unpaired) electrons. The first-order valence-electron chi connectivity index (χ1n) is 7.12. The number of thioether (sulfide) groups is 1. The molecule has 1 aromatic carbocycles. The average Bonchev–Trinajstić information content (AvgIpc) is 2.43. The average molecular weight is 374 g/mol. The van der Waals surface area contributed by atoms with Gasteiger partial charge in [0.05, 0.1) is 7.11 Å². The van der Waals surface area contributed by atoms with Gasteiger partial charge in [-0.2, -0.15) is 0 Å². The van der Waals surface area contributed by atoms with E-state index in [9.17, 15) is 4.79 Å². The Morgan fingerprint density at radius 3 is 2.67 bits per heavy atom. The molecule has 118 valence electrons. The molecule has 0 saturated heterocycles. The maximum absolute atomic E-state index is 12.0. The van der Waals surface area contributed by atoms with E-state index in [0.29, 0.717) is 0 Å². The zero-order valence-corrected chi connectivity index (χ0v) is 15.5. The normalized spacial score (nSPS) is 14.0. The quantitative estimate of drug-likeness (QED) is 0.419. The molecule has 3 nitrogen and oxygen atoms in total. The van der Waals surface area contributed by atoms with Gasteiger partial charge in [0.25, 0.3) is 0 Å². The maximum Gasteiger partial charge on any atom is 0.325 e. The van der Waals surface area contributed by atoms with Crippen LogP contribution in [-0.4, -0.2) is 30.4 Å². The lowest BCUT2D eigenvalue weighted by atomic mass is 9.95. The van der Waals surface area contributed by atoms with E-state index in [-0.39, 0.29) is 12.0 Å². The third-order valence-corrected chi connectivity index (χ3v) is 5.27. The minimum Gasteiger partial charge on any atom is -0.468 e. The van der Waals surface area contributed by atoms with Crippen LogP contribution in [0.1, 0.15) is 33.6 Å². The molecule has 0 bridgehead atoms. The lowest BCUT2D eigenvalue weighted by Gasteiger charge is -2.30. The molecule has 0 heterocycles. The number of methoxy groups -OCH3 is 1. The van der Waals surface area contributed by atoms with Crippen molar-refractivity contribution in [3.63, 3.8) is 0 Å². The fourth-order valence-electron chi connectivity index (χ4n) is 2.27. The number of nitrogens with one attached hydrogen (secondary N) is 1. The van der Waals surface area contributed by atoms with Gasteiger partial charge in [0.2, 0.25) is 0 Å². The Morgan fingerprint density at radius 2 is 2.10 bits per heavy atom. The second-order valence-electron chi connectivity index (χ2n) is 5.51. The van der Waals surface area contributed by atoms with Crippen LogP contribution in [0.5, 0.6) is 0 Å². The van der Waals surface area contributed by atoms with Crippen molar-refractivity contribution in [1.29, 1.82) is 0 Å². The monoisotopic (exact) mass is 373 g/mol. The molecule has 0 aromatic heterocycles. The van der Waals surface area contributed by atoms with E-state index in [0.717, 1.165) is 23.1 Å². The highest BCUT2D eigenvalue weighted by Crippen LogP contribution is 2.28. The van der Waals surface area contributed by atoms with E-state index < -0.39 is 5.54 Å². The van der Waals surface area contributed by atoms with Gasteiger partial charge in [-0.3, -0.25) is 10.1 Å². The van der Waals surface area contributed by atoms with Crippen LogP contribution < -0.4 is 5.32 Å². The summed E-state index contributed by atoms with van der Waals surface area (Å²) in [6, 6.07) is 8.42. The zero-order chi connectivity index (χ0) is 15.9. The lowest BCUT2D eigenvalue weighted by Crippen LogP contribution is -2.53. The molecule has 0 fully saturated rings. The molecule has 0 aliphatic carbocycles. The minimum absolute atomic E-state index is 0.193. The molecule has 1 aromatic rings. The van der Waals surface area contributed by atoms with Gasteiger partial charge >= 0.3 is 5.97 Å². The van der Waals surface area contributed by atoms with Crippen LogP contribution in [0.25, 0.3) is 0 Å². The molecular formula is C16H24BrNO2S. The van der Waals surface area contributed by atoms with E-state index in [4.69, 9.17) is 4.74 Å². The highest BCUT2D eigenvalue weighted by atomic mass is 79.9. The van der Waals surface area contributed by atoms with Crippen LogP contribution in [0.2, 0.25) is 0 Å². The Hall–Kier alpha value is -0.520. The number of rotatable bonds is 8. The van der Waals surface area contributed by atoms with Crippen molar-refractivity contribution in [2.45, 2.75) is 50.1 Å². The number of halogens is 1. The molecule has 0 aliphatic heterocycles. The molecule has 0 spiro atoms. The van der Waals surface area contributed by atoms with Crippen molar-refractivity contribution in [2.75, 3.05) is 12.9 Å². The molecule has 0 amide bonds. The number of hydrogen-bond donors (Lipinski definition) is 1. The Labute approximate surface area is 140 Å². The largest absolute Gasteiger partial charge is 0.468 e. The fourth-order valence-corrected chi connectivity index (χ4v) is 3.78. The van der Waals surface area contributed by atoms with Crippen molar-refractivity contribution >= 4 is 33.7 Å². The van der Waals surface area contributed by atoms with Crippen LogP contribution in [0.4, 0.5) is 0 Å². The van der Waals surface area contributed by atoms with Crippen molar-refractivity contribution in [3.05, 3.63) is 28.7 Å². The first-order valence-corrected chi connectivity index (χ1v) is 8.90. The number of carbonyl (C=O) groups is 1. The summed E-state index contributed by atoms with van der Waals surface area (Å²) in [7, 11) is 1.44. The molecule has 5 heteroatoms. The second kappa shape index (κ2) is 8.81. The van der Waals surface area contributed by atoms with E-state index in [1.54, 1.807) is 11.8 Å². The topological polar surface area (TPSA) is 38.3 Å². The van der Waals surface area contributed by atoms with Crippen molar-refractivity contribution < 1.29 is 9.53 Å². The second-order valence-corrected chi connectivity index (χ2v) is 7.50. The number of hydrogen-bond acceptors (Lipinski definition) is 4. The number of ether oxygens (including phenoxy) is 1. The van der Waals surface area contributed by atoms with Crippen LogP contribution in [0.15, 0.2) is 33.6 Å². The number of esters is 1. The first-order chi connectivity index (χ1) is 9.89. The SMILES string of the molecule is COC(=O)C(C)(CCCSc1ccccc1Br)NC(C)C. The summed E-state index contributed by atoms with van der Waals surface area (Å²) in [5.74, 6) is 0.775. The Kier molecular flexibility index (Phi) is 7.77. The molecular weight excluding hydrogens is 350 g/mol. The van der Waals surface area contributed by atoms with Gasteiger partial charge in [0, 0.05) is 15.4 Å². The summed E-state index contributed by atoms with van der Waals surface area (Å²) < 4.78 is 6.05. The molecule has 1 N–H and O–H groups in total. The summed E-state index contributed by atoms with van der Waals surface area (Å²) in [6.45, 7) is 6.00. The van der Waals surface area contributed by atoms with E-state index >= 15 is 0 Å². The minimum atomic E-state index is -0.614. The summed E-state index contributed by atoms with van der Waals surface area (Å²) in [5.41, 5.74) is -0.614. The predicted molar refractivity (Wildman–Crippen MR) is 92.8 cm³/mol. The smallest absolute Gasteiger partial charge is 0.325 e. The van der Waals surface area contributed by atoms with E-state index in [1.807, 2.05) is 39.0 Å². The summed E-state index contributed by atoms with van der Waals surface area (Å²) in [4.78, 5) is 13.2. The Morgan fingerprint density at radius 1 is 1.43 bits per heavy atom. The van der Waals surface area contributed by atoms with Crippen molar-refractivity contribution in [2.24, 2.45) is 0 Å². The van der Waals surface area contributed by atoms with Crippen molar-refractivity contribution in [3.8, 4) is 0 Å². The van der Waals surface area contributed by atoms with Crippen LogP contribution in [0.3, 0.4) is 0 Å². The van der Waals surface area contributed by atoms with E-state index in [1.165, 1.54) is 12.0 Å². The third kappa shape index (κ3) is 6.01. The third-order valence-electron chi connectivity index (χ3n) is 3.16. The van der Waals surface area contributed by atoms with Crippen LogP contribution in [-0.2, 0) is 9.53 Å². The first kappa shape index (κ1) is 18.5. The molecule has 1 atom stereocenters. The van der Waals surface area contributed by atoms with Gasteiger partial charge in [-0.1, -0.05) is 12.1 Å². The molecule has 1 unspecified atom stereocenters. The zero-order valence-electron chi connectivity index (χ0n) is 13.1. The number of carbonyl (C=O) groups excluding carboxylic acids is 1. The summed E-state index contributed by atoms with van der Waals surface area (Å²) in [5, 5.41) is 3.32. The van der Waals surface area contributed by atoms with Crippen LogP contribution in [0, 0.1) is 0 Å².